The third-order valence-electron chi connectivity index (χ3n) is 8.59. The highest BCUT2D eigenvalue weighted by molar-refractivity contribution is 4.87. The van der Waals surface area contributed by atoms with Crippen molar-refractivity contribution in [3.05, 3.63) is 0 Å². The monoisotopic (exact) mass is 423 g/mol. The largest absolute Gasteiger partial charge is 0.381 e. The lowest BCUT2D eigenvalue weighted by Crippen LogP contribution is -2.63. The van der Waals surface area contributed by atoms with Crippen LogP contribution in [0.4, 0.5) is 0 Å². The average Bonchev–Trinajstić information content (AvgIpc) is 2.80. The zero-order valence-electron chi connectivity index (χ0n) is 19.6. The predicted octanol–water partition coefficient (Wildman–Crippen LogP) is 2.32. The topological polar surface area (TPSA) is 51.8 Å². The minimum absolute atomic E-state index is 0. The van der Waals surface area contributed by atoms with Gasteiger partial charge in [0.15, 0.2) is 0 Å². The van der Waals surface area contributed by atoms with Gasteiger partial charge in [0, 0.05) is 53.8 Å². The molecule has 0 aromatic carbocycles. The van der Waals surface area contributed by atoms with Gasteiger partial charge in [0.1, 0.15) is 6.29 Å². The van der Waals surface area contributed by atoms with Gasteiger partial charge in [-0.15, -0.1) is 0 Å². The summed E-state index contributed by atoms with van der Waals surface area (Å²) in [7, 11) is 4.11. The molecule has 0 atom stereocenters. The Hall–Kier alpha value is -0.240. The van der Waals surface area contributed by atoms with Crippen LogP contribution < -0.4 is 16.0 Å². The first-order valence-electron chi connectivity index (χ1n) is 12.9. The van der Waals surface area contributed by atoms with Crippen molar-refractivity contribution in [1.29, 1.82) is 0 Å². The standard InChI is InChI=1S/C24H47N5O.H2/c1-28-13-15-29(16-14-28)12-11-19-3-7-22(8-4-19)27-24-25-17-21(18-26-24)20-5-9-23(30-2)10-6-20;/h19-27H,3-18H2,1-2H3;1H. The molecule has 2 saturated heterocycles. The van der Waals surface area contributed by atoms with Crippen LogP contribution in [0, 0.1) is 17.8 Å². The van der Waals surface area contributed by atoms with E-state index in [2.05, 4.69) is 32.8 Å². The van der Waals surface area contributed by atoms with Gasteiger partial charge in [-0.1, -0.05) is 0 Å². The maximum atomic E-state index is 5.54. The Morgan fingerprint density at radius 1 is 0.867 bits per heavy atom. The molecule has 4 fully saturated rings. The summed E-state index contributed by atoms with van der Waals surface area (Å²) >= 11 is 0. The van der Waals surface area contributed by atoms with Crippen molar-refractivity contribution < 1.29 is 6.16 Å². The Morgan fingerprint density at radius 2 is 1.53 bits per heavy atom. The maximum Gasteiger partial charge on any atom is 0.112 e. The molecular formula is C24H49N5O. The predicted molar refractivity (Wildman–Crippen MR) is 126 cm³/mol. The zero-order valence-corrected chi connectivity index (χ0v) is 19.6. The molecule has 0 radical (unpaired) electrons. The summed E-state index contributed by atoms with van der Waals surface area (Å²) in [6.45, 7) is 8.65. The Balaban J connectivity index is 0.00000272. The Kier molecular flexibility index (Phi) is 8.85. The Morgan fingerprint density at radius 3 is 2.17 bits per heavy atom. The van der Waals surface area contributed by atoms with E-state index in [0.717, 1.165) is 30.8 Å². The molecule has 176 valence electrons. The molecule has 0 unspecified atom stereocenters. The van der Waals surface area contributed by atoms with E-state index in [9.17, 15) is 0 Å². The quantitative estimate of drug-likeness (QED) is 0.584. The molecule has 3 N–H and O–H groups in total. The lowest BCUT2D eigenvalue weighted by Gasteiger charge is -2.40. The smallest absolute Gasteiger partial charge is 0.112 e. The van der Waals surface area contributed by atoms with Crippen LogP contribution in [-0.2, 0) is 4.74 Å². The van der Waals surface area contributed by atoms with Crippen molar-refractivity contribution in [3.63, 3.8) is 0 Å². The molecule has 0 spiro atoms. The van der Waals surface area contributed by atoms with E-state index in [1.807, 2.05) is 7.11 Å². The van der Waals surface area contributed by atoms with Crippen molar-refractivity contribution in [3.8, 4) is 0 Å². The van der Waals surface area contributed by atoms with Crippen LogP contribution in [0.15, 0.2) is 0 Å². The van der Waals surface area contributed by atoms with E-state index < -0.39 is 0 Å². The number of piperazine rings is 1. The number of hydrogen-bond acceptors (Lipinski definition) is 6. The Bertz CT molecular complexity index is 480. The molecule has 6 heteroatoms. The number of rotatable bonds is 7. The zero-order chi connectivity index (χ0) is 20.8. The second-order valence-electron chi connectivity index (χ2n) is 10.6. The third kappa shape index (κ3) is 6.63. The van der Waals surface area contributed by atoms with Gasteiger partial charge in [-0.2, -0.15) is 0 Å². The number of methoxy groups -OCH3 is 1. The molecule has 2 saturated carbocycles. The van der Waals surface area contributed by atoms with Crippen LogP contribution in [-0.4, -0.2) is 88.2 Å². The summed E-state index contributed by atoms with van der Waals surface area (Å²) in [5.41, 5.74) is 0. The Labute approximate surface area is 186 Å². The van der Waals surface area contributed by atoms with Crippen LogP contribution in [0.5, 0.6) is 0 Å². The van der Waals surface area contributed by atoms with Gasteiger partial charge in [-0.25, -0.2) is 0 Å². The number of nitrogens with zero attached hydrogens (tertiary/aromatic N) is 2. The lowest BCUT2D eigenvalue weighted by atomic mass is 9.78. The van der Waals surface area contributed by atoms with E-state index in [1.54, 1.807) is 0 Å². The van der Waals surface area contributed by atoms with Crippen molar-refractivity contribution in [2.45, 2.75) is 76.2 Å². The second-order valence-corrected chi connectivity index (χ2v) is 10.6. The highest BCUT2D eigenvalue weighted by Crippen LogP contribution is 2.32. The fourth-order valence-corrected chi connectivity index (χ4v) is 6.22. The third-order valence-corrected chi connectivity index (χ3v) is 8.59. The molecule has 2 aliphatic carbocycles. The highest BCUT2D eigenvalue weighted by atomic mass is 16.5. The summed E-state index contributed by atoms with van der Waals surface area (Å²) in [5, 5.41) is 11.4. The molecule has 2 aliphatic heterocycles. The van der Waals surface area contributed by atoms with Crippen LogP contribution in [0.3, 0.4) is 0 Å². The summed E-state index contributed by atoms with van der Waals surface area (Å²) in [4.78, 5) is 5.13. The van der Waals surface area contributed by atoms with Crippen molar-refractivity contribution >= 4 is 0 Å². The van der Waals surface area contributed by atoms with E-state index in [-0.39, 0.29) is 1.43 Å². The first-order chi connectivity index (χ1) is 14.7. The molecule has 30 heavy (non-hydrogen) atoms. The van der Waals surface area contributed by atoms with Crippen LogP contribution in [0.1, 0.15) is 59.2 Å². The van der Waals surface area contributed by atoms with Crippen LogP contribution in [0.2, 0.25) is 0 Å². The second kappa shape index (κ2) is 11.6. The maximum absolute atomic E-state index is 5.54. The van der Waals surface area contributed by atoms with Gasteiger partial charge in [-0.3, -0.25) is 16.0 Å². The first-order valence-corrected chi connectivity index (χ1v) is 12.9. The number of likely N-dealkylation sites (N-methyl/N-ethyl adjacent to an activating group) is 1. The van der Waals surface area contributed by atoms with E-state index in [1.165, 1.54) is 90.5 Å². The molecule has 4 rings (SSSR count). The molecule has 0 aromatic heterocycles. The van der Waals surface area contributed by atoms with E-state index >= 15 is 0 Å². The van der Waals surface area contributed by atoms with Gasteiger partial charge < -0.3 is 14.5 Å². The number of nitrogens with one attached hydrogen (secondary N) is 3. The van der Waals surface area contributed by atoms with Crippen molar-refractivity contribution in [2.75, 3.05) is 60.0 Å². The molecule has 0 amide bonds. The molecule has 0 aromatic rings. The minimum atomic E-state index is 0. The van der Waals surface area contributed by atoms with E-state index in [4.69, 9.17) is 4.74 Å². The van der Waals surface area contributed by atoms with Gasteiger partial charge >= 0.3 is 0 Å². The normalized spacial score (nSPS) is 39.8. The van der Waals surface area contributed by atoms with Crippen molar-refractivity contribution in [2.24, 2.45) is 17.8 Å². The van der Waals surface area contributed by atoms with Gasteiger partial charge in [0.05, 0.1) is 6.10 Å². The molecule has 0 bridgehead atoms. The van der Waals surface area contributed by atoms with Gasteiger partial charge in [-0.05, 0) is 89.1 Å². The lowest BCUT2D eigenvalue weighted by molar-refractivity contribution is 0.0413. The van der Waals surface area contributed by atoms with Crippen molar-refractivity contribution in [1.82, 2.24) is 25.8 Å². The number of hydrogen-bond donors (Lipinski definition) is 3. The summed E-state index contributed by atoms with van der Waals surface area (Å²) in [5.74, 6) is 2.60. The molecule has 6 nitrogen and oxygen atoms in total. The fourth-order valence-electron chi connectivity index (χ4n) is 6.22. The summed E-state index contributed by atoms with van der Waals surface area (Å²) in [6, 6.07) is 0.684. The molecule has 4 aliphatic rings. The minimum Gasteiger partial charge on any atom is -0.381 e. The van der Waals surface area contributed by atoms with Crippen LogP contribution in [0.25, 0.3) is 0 Å². The summed E-state index contributed by atoms with van der Waals surface area (Å²) < 4.78 is 5.54. The van der Waals surface area contributed by atoms with Gasteiger partial charge in [0.2, 0.25) is 0 Å². The average molecular weight is 424 g/mol. The fraction of sp³-hybridized carbons (Fsp3) is 1.00. The first kappa shape index (κ1) is 22.9. The van der Waals surface area contributed by atoms with Crippen LogP contribution >= 0.6 is 0 Å². The van der Waals surface area contributed by atoms with Gasteiger partial charge in [0.25, 0.3) is 0 Å². The van der Waals surface area contributed by atoms with E-state index in [0.29, 0.717) is 18.4 Å². The number of ether oxygens (including phenoxy) is 1. The highest BCUT2D eigenvalue weighted by Gasteiger charge is 2.31. The molecular weight excluding hydrogens is 374 g/mol. The summed E-state index contributed by atoms with van der Waals surface area (Å²) in [6.07, 6.45) is 12.9. The SMILES string of the molecule is COC1CCC(C2CNC(NC3CCC(CCN4CCN(C)CC4)CC3)NC2)CC1.[HH]. The molecule has 2 heterocycles.